The van der Waals surface area contributed by atoms with Crippen LogP contribution in [0.3, 0.4) is 0 Å². The first-order valence-corrected chi connectivity index (χ1v) is 4.45. The van der Waals surface area contributed by atoms with Crippen molar-refractivity contribution in [2.45, 2.75) is 20.3 Å². The molecule has 82 valence electrons. The number of ether oxygens (including phenoxy) is 1. The van der Waals surface area contributed by atoms with Crippen LogP contribution in [0.5, 0.6) is 5.75 Å². The van der Waals surface area contributed by atoms with Gasteiger partial charge in [0.25, 0.3) is 6.43 Å². The monoisotopic (exact) mass is 214 g/mol. The fourth-order valence-electron chi connectivity index (χ4n) is 1.46. The van der Waals surface area contributed by atoms with E-state index in [0.717, 1.165) is 0 Å². The van der Waals surface area contributed by atoms with Crippen LogP contribution in [0.2, 0.25) is 0 Å². The molecule has 0 aromatic heterocycles. The lowest BCUT2D eigenvalue weighted by Gasteiger charge is -2.11. The van der Waals surface area contributed by atoms with E-state index < -0.39 is 6.43 Å². The molecule has 1 aromatic carbocycles. The number of benzene rings is 1. The Labute approximate surface area is 86.9 Å². The number of hydrogen-bond acceptors (Lipinski definition) is 2. The third-order valence-electron chi connectivity index (χ3n) is 2.19. The molecule has 1 rings (SSSR count). The number of halogens is 2. The summed E-state index contributed by atoms with van der Waals surface area (Å²) in [5.74, 6) is 0.0365. The van der Waals surface area contributed by atoms with Gasteiger partial charge in [-0.1, -0.05) is 0 Å². The minimum Gasteiger partial charge on any atom is -0.497 e. The fourth-order valence-corrected chi connectivity index (χ4v) is 1.46. The van der Waals surface area contributed by atoms with Gasteiger partial charge in [0.1, 0.15) is 5.75 Å². The predicted molar refractivity (Wildman–Crippen MR) is 52.7 cm³/mol. The summed E-state index contributed by atoms with van der Waals surface area (Å²) < 4.78 is 30.3. The van der Waals surface area contributed by atoms with Gasteiger partial charge in [-0.2, -0.15) is 0 Å². The maximum Gasteiger partial charge on any atom is 0.264 e. The Kier molecular flexibility index (Phi) is 3.39. The minimum atomic E-state index is -2.64. The molecule has 0 fully saturated rings. The molecular formula is C11H12F2O2. The second-order valence-corrected chi connectivity index (χ2v) is 3.26. The summed E-state index contributed by atoms with van der Waals surface area (Å²) in [5.41, 5.74) is 0.194. The first-order valence-electron chi connectivity index (χ1n) is 4.45. The van der Waals surface area contributed by atoms with Crippen molar-refractivity contribution in [2.75, 3.05) is 7.11 Å². The Morgan fingerprint density at radius 1 is 1.40 bits per heavy atom. The Hall–Kier alpha value is -1.45. The molecule has 0 aliphatic rings. The lowest BCUT2D eigenvalue weighted by Crippen LogP contribution is -2.03. The number of ketones is 1. The number of methoxy groups -OCH3 is 1. The number of carbonyl (C=O) groups is 1. The van der Waals surface area contributed by atoms with Gasteiger partial charge in [0, 0.05) is 11.1 Å². The van der Waals surface area contributed by atoms with Crippen molar-refractivity contribution in [3.8, 4) is 5.75 Å². The van der Waals surface area contributed by atoms with Crippen molar-refractivity contribution in [1.29, 1.82) is 0 Å². The summed E-state index contributed by atoms with van der Waals surface area (Å²) >= 11 is 0. The number of alkyl halides is 2. The van der Waals surface area contributed by atoms with Crippen molar-refractivity contribution < 1.29 is 18.3 Å². The highest BCUT2D eigenvalue weighted by Gasteiger charge is 2.19. The smallest absolute Gasteiger partial charge is 0.264 e. The Morgan fingerprint density at radius 3 is 2.40 bits per heavy atom. The molecule has 1 aromatic rings. The van der Waals surface area contributed by atoms with Crippen molar-refractivity contribution in [2.24, 2.45) is 0 Å². The average Bonchev–Trinajstić information content (AvgIpc) is 2.15. The molecule has 0 unspecified atom stereocenters. The third kappa shape index (κ3) is 2.32. The molecule has 0 bridgehead atoms. The number of hydrogen-bond donors (Lipinski definition) is 0. The highest BCUT2D eigenvalue weighted by atomic mass is 19.3. The molecule has 0 amide bonds. The molecule has 0 spiro atoms. The van der Waals surface area contributed by atoms with Crippen LogP contribution in [0.25, 0.3) is 0 Å². The maximum absolute atomic E-state index is 12.7. The van der Waals surface area contributed by atoms with Crippen LogP contribution in [0.4, 0.5) is 8.78 Å². The van der Waals surface area contributed by atoms with Gasteiger partial charge in [-0.15, -0.1) is 0 Å². The van der Waals surface area contributed by atoms with Gasteiger partial charge in [-0.05, 0) is 31.5 Å². The van der Waals surface area contributed by atoms with Crippen molar-refractivity contribution in [1.82, 2.24) is 0 Å². The van der Waals surface area contributed by atoms with E-state index in [1.165, 1.54) is 33.1 Å². The average molecular weight is 214 g/mol. The number of carbonyl (C=O) groups excluding carboxylic acids is 1. The second kappa shape index (κ2) is 4.38. The molecule has 0 aliphatic carbocycles. The highest BCUT2D eigenvalue weighted by Crippen LogP contribution is 2.30. The quantitative estimate of drug-likeness (QED) is 0.722. The lowest BCUT2D eigenvalue weighted by atomic mass is 9.99. The molecule has 0 atom stereocenters. The zero-order valence-electron chi connectivity index (χ0n) is 8.80. The third-order valence-corrected chi connectivity index (χ3v) is 2.19. The number of aryl methyl sites for hydroxylation is 1. The van der Waals surface area contributed by atoms with Crippen molar-refractivity contribution in [3.05, 3.63) is 28.8 Å². The van der Waals surface area contributed by atoms with Gasteiger partial charge >= 0.3 is 0 Å². The van der Waals surface area contributed by atoms with E-state index >= 15 is 0 Å². The van der Waals surface area contributed by atoms with Crippen LogP contribution < -0.4 is 4.74 Å². The maximum atomic E-state index is 12.7. The second-order valence-electron chi connectivity index (χ2n) is 3.26. The van der Waals surface area contributed by atoms with E-state index in [1.54, 1.807) is 0 Å². The van der Waals surface area contributed by atoms with E-state index in [-0.39, 0.29) is 16.9 Å². The zero-order valence-corrected chi connectivity index (χ0v) is 8.80. The van der Waals surface area contributed by atoms with E-state index in [0.29, 0.717) is 11.3 Å². The first kappa shape index (κ1) is 11.6. The van der Waals surface area contributed by atoms with Crippen LogP contribution >= 0.6 is 0 Å². The Balaban J connectivity index is 3.42. The van der Waals surface area contributed by atoms with E-state index in [9.17, 15) is 13.6 Å². The molecule has 0 aliphatic heterocycles. The van der Waals surface area contributed by atoms with E-state index in [1.807, 2.05) is 0 Å². The summed E-state index contributed by atoms with van der Waals surface area (Å²) in [6.07, 6.45) is -2.64. The molecule has 0 heterocycles. The fraction of sp³-hybridized carbons (Fsp3) is 0.364. The summed E-state index contributed by atoms with van der Waals surface area (Å²) in [6.45, 7) is 2.80. The Bertz CT molecular complexity index is 386. The van der Waals surface area contributed by atoms with Gasteiger partial charge in [0.15, 0.2) is 5.78 Å². The van der Waals surface area contributed by atoms with E-state index in [4.69, 9.17) is 4.74 Å². The number of Topliss-reactive ketones (excluding diaryl/α,β-unsaturated/α-hetero) is 1. The predicted octanol–water partition coefficient (Wildman–Crippen LogP) is 3.14. The van der Waals surface area contributed by atoms with Crippen molar-refractivity contribution in [3.63, 3.8) is 0 Å². The summed E-state index contributed by atoms with van der Waals surface area (Å²) in [7, 11) is 1.43. The van der Waals surface area contributed by atoms with E-state index in [2.05, 4.69) is 0 Å². The summed E-state index contributed by atoms with van der Waals surface area (Å²) in [6, 6.07) is 2.84. The molecule has 0 saturated heterocycles. The topological polar surface area (TPSA) is 26.3 Å². The van der Waals surface area contributed by atoms with Gasteiger partial charge < -0.3 is 4.74 Å². The normalized spacial score (nSPS) is 10.5. The highest BCUT2D eigenvalue weighted by molar-refractivity contribution is 5.96. The van der Waals surface area contributed by atoms with Crippen LogP contribution in [0.15, 0.2) is 12.1 Å². The largest absolute Gasteiger partial charge is 0.497 e. The van der Waals surface area contributed by atoms with Crippen LogP contribution in [-0.4, -0.2) is 12.9 Å². The van der Waals surface area contributed by atoms with Gasteiger partial charge in [0.2, 0.25) is 0 Å². The minimum absolute atomic E-state index is 0.0295. The summed E-state index contributed by atoms with van der Waals surface area (Å²) in [5, 5.41) is 0. The standard InChI is InChI=1S/C11H12F2O2/c1-6-4-8(15-3)5-9(7(2)14)10(6)11(12)13/h4-5,11H,1-3H3. The van der Waals surface area contributed by atoms with Gasteiger partial charge in [-0.3, -0.25) is 4.79 Å². The van der Waals surface area contributed by atoms with Crippen LogP contribution in [-0.2, 0) is 0 Å². The molecule has 0 saturated carbocycles. The molecule has 0 radical (unpaired) electrons. The van der Waals surface area contributed by atoms with Gasteiger partial charge in [-0.25, -0.2) is 8.78 Å². The number of rotatable bonds is 3. The van der Waals surface area contributed by atoms with Crippen LogP contribution in [0, 0.1) is 6.92 Å². The molecular weight excluding hydrogens is 202 g/mol. The molecule has 0 N–H and O–H groups in total. The zero-order chi connectivity index (χ0) is 11.6. The van der Waals surface area contributed by atoms with Crippen LogP contribution in [0.1, 0.15) is 34.8 Å². The molecule has 2 nitrogen and oxygen atoms in total. The SMILES string of the molecule is COc1cc(C)c(C(F)F)c(C(C)=O)c1. The van der Waals surface area contributed by atoms with Crippen molar-refractivity contribution >= 4 is 5.78 Å². The molecule has 4 heteroatoms. The lowest BCUT2D eigenvalue weighted by molar-refractivity contribution is 0.0998. The summed E-state index contributed by atoms with van der Waals surface area (Å²) in [4.78, 5) is 11.2. The van der Waals surface area contributed by atoms with Gasteiger partial charge in [0.05, 0.1) is 7.11 Å². The Morgan fingerprint density at radius 2 is 2.00 bits per heavy atom. The first-order chi connectivity index (χ1) is 6.97. The molecule has 15 heavy (non-hydrogen) atoms.